The molecule has 0 atom stereocenters. The Bertz CT molecular complexity index is 195. The number of benzene rings is 1. The first-order valence-corrected chi connectivity index (χ1v) is 5.11. The maximum atomic E-state index is 4.50. The molecule has 1 aromatic rings. The van der Waals surface area contributed by atoms with E-state index in [4.69, 9.17) is 0 Å². The van der Waals surface area contributed by atoms with Gasteiger partial charge in [0.15, 0.2) is 0 Å². The SMILES string of the molecule is CC.CN.c1ccc2c(c1)CCC2. The highest BCUT2D eigenvalue weighted by Gasteiger charge is 2.07. The van der Waals surface area contributed by atoms with Crippen LogP contribution < -0.4 is 5.73 Å². The summed E-state index contributed by atoms with van der Waals surface area (Å²) in [7, 11) is 1.50. The van der Waals surface area contributed by atoms with Crippen molar-refractivity contribution >= 4 is 0 Å². The van der Waals surface area contributed by atoms with Crippen LogP contribution in [0.25, 0.3) is 0 Å². The molecule has 0 aliphatic heterocycles. The maximum absolute atomic E-state index is 4.50. The van der Waals surface area contributed by atoms with Gasteiger partial charge in [0.1, 0.15) is 0 Å². The number of fused-ring (bicyclic) bond motifs is 1. The van der Waals surface area contributed by atoms with Crippen molar-refractivity contribution in [3.63, 3.8) is 0 Å². The van der Waals surface area contributed by atoms with Crippen LogP contribution in [0.4, 0.5) is 0 Å². The van der Waals surface area contributed by atoms with Crippen LogP contribution in [0, 0.1) is 0 Å². The first-order chi connectivity index (χ1) is 6.47. The average Bonchev–Trinajstić information content (AvgIpc) is 2.71. The van der Waals surface area contributed by atoms with Gasteiger partial charge in [-0.25, -0.2) is 0 Å². The molecule has 0 saturated heterocycles. The van der Waals surface area contributed by atoms with Gasteiger partial charge < -0.3 is 5.73 Å². The average molecular weight is 179 g/mol. The molecule has 0 aromatic heterocycles. The van der Waals surface area contributed by atoms with E-state index in [0.29, 0.717) is 0 Å². The second-order valence-corrected chi connectivity index (χ2v) is 2.62. The van der Waals surface area contributed by atoms with E-state index in [-0.39, 0.29) is 0 Å². The summed E-state index contributed by atoms with van der Waals surface area (Å²) in [6, 6.07) is 8.74. The number of nitrogens with two attached hydrogens (primary N) is 1. The molecule has 1 heteroatoms. The van der Waals surface area contributed by atoms with E-state index in [0.717, 1.165) is 0 Å². The van der Waals surface area contributed by atoms with Crippen LogP contribution >= 0.6 is 0 Å². The Kier molecular flexibility index (Phi) is 7.32. The Morgan fingerprint density at radius 3 is 1.69 bits per heavy atom. The van der Waals surface area contributed by atoms with Gasteiger partial charge in [0.2, 0.25) is 0 Å². The smallest absolute Gasteiger partial charge is 0.0195 e. The fourth-order valence-electron chi connectivity index (χ4n) is 1.51. The Hall–Kier alpha value is -0.820. The van der Waals surface area contributed by atoms with E-state index in [2.05, 4.69) is 30.0 Å². The number of aryl methyl sites for hydroxylation is 2. The fraction of sp³-hybridized carbons (Fsp3) is 0.500. The van der Waals surface area contributed by atoms with Crippen LogP contribution in [0.2, 0.25) is 0 Å². The maximum Gasteiger partial charge on any atom is -0.0195 e. The molecule has 0 radical (unpaired) electrons. The van der Waals surface area contributed by atoms with Crippen molar-refractivity contribution in [2.45, 2.75) is 33.1 Å². The lowest BCUT2D eigenvalue weighted by Crippen LogP contribution is -1.77. The molecule has 1 nitrogen and oxygen atoms in total. The second kappa shape index (κ2) is 7.81. The van der Waals surface area contributed by atoms with E-state index >= 15 is 0 Å². The number of rotatable bonds is 0. The van der Waals surface area contributed by atoms with Crippen LogP contribution in [-0.4, -0.2) is 7.05 Å². The monoisotopic (exact) mass is 179 g/mol. The van der Waals surface area contributed by atoms with Gasteiger partial charge in [-0.1, -0.05) is 38.1 Å². The lowest BCUT2D eigenvalue weighted by molar-refractivity contribution is 0.912. The third kappa shape index (κ3) is 3.60. The predicted octanol–water partition coefficient (Wildman–Crippen LogP) is 2.78. The van der Waals surface area contributed by atoms with Gasteiger partial charge in [-0.2, -0.15) is 0 Å². The van der Waals surface area contributed by atoms with Gasteiger partial charge in [-0.3, -0.25) is 0 Å². The fourth-order valence-corrected chi connectivity index (χ4v) is 1.51. The summed E-state index contributed by atoms with van der Waals surface area (Å²) in [6.45, 7) is 4.00. The largest absolute Gasteiger partial charge is 0.333 e. The summed E-state index contributed by atoms with van der Waals surface area (Å²) < 4.78 is 0. The van der Waals surface area contributed by atoms with E-state index < -0.39 is 0 Å². The highest BCUT2D eigenvalue weighted by Crippen LogP contribution is 2.20. The third-order valence-corrected chi connectivity index (χ3v) is 2.01. The molecular weight excluding hydrogens is 158 g/mol. The molecule has 0 amide bonds. The van der Waals surface area contributed by atoms with E-state index in [9.17, 15) is 0 Å². The first-order valence-electron chi connectivity index (χ1n) is 5.11. The minimum Gasteiger partial charge on any atom is -0.333 e. The topological polar surface area (TPSA) is 26.0 Å². The van der Waals surface area contributed by atoms with Crippen LogP contribution in [0.5, 0.6) is 0 Å². The minimum atomic E-state index is 1.30. The summed E-state index contributed by atoms with van der Waals surface area (Å²) in [4.78, 5) is 0. The standard InChI is InChI=1S/C9H10.C2H6.CH5N/c1-2-5-9-7-3-6-8(9)4-1;2*1-2/h1-2,4-5H,3,6-7H2;1-2H3;2H2,1H3. The summed E-state index contributed by atoms with van der Waals surface area (Å²) in [5.41, 5.74) is 7.63. The van der Waals surface area contributed by atoms with Gasteiger partial charge in [-0.15, -0.1) is 0 Å². The molecule has 1 aliphatic carbocycles. The number of hydrogen-bond donors (Lipinski definition) is 1. The van der Waals surface area contributed by atoms with Crippen molar-refractivity contribution in [3.8, 4) is 0 Å². The van der Waals surface area contributed by atoms with Crippen molar-refractivity contribution < 1.29 is 0 Å². The zero-order valence-electron chi connectivity index (χ0n) is 9.01. The van der Waals surface area contributed by atoms with Crippen molar-refractivity contribution in [1.29, 1.82) is 0 Å². The van der Waals surface area contributed by atoms with Crippen molar-refractivity contribution in [2.24, 2.45) is 5.73 Å². The van der Waals surface area contributed by atoms with Gasteiger partial charge >= 0.3 is 0 Å². The highest BCUT2D eigenvalue weighted by atomic mass is 14.4. The minimum absolute atomic E-state index is 1.30. The molecule has 0 heterocycles. The second-order valence-electron chi connectivity index (χ2n) is 2.62. The van der Waals surface area contributed by atoms with Crippen LogP contribution in [0.1, 0.15) is 31.4 Å². The van der Waals surface area contributed by atoms with Crippen LogP contribution in [0.15, 0.2) is 24.3 Å². The van der Waals surface area contributed by atoms with E-state index in [1.807, 2.05) is 13.8 Å². The van der Waals surface area contributed by atoms with E-state index in [1.54, 1.807) is 11.1 Å². The Labute approximate surface area is 82.0 Å². The zero-order chi connectivity index (χ0) is 10.1. The predicted molar refractivity (Wildman–Crippen MR) is 59.9 cm³/mol. The van der Waals surface area contributed by atoms with Crippen molar-refractivity contribution in [1.82, 2.24) is 0 Å². The highest BCUT2D eigenvalue weighted by molar-refractivity contribution is 5.30. The van der Waals surface area contributed by atoms with Crippen molar-refractivity contribution in [3.05, 3.63) is 35.4 Å². The molecule has 0 fully saturated rings. The Balaban J connectivity index is 0.000000322. The molecule has 0 saturated carbocycles. The Morgan fingerprint density at radius 2 is 1.31 bits per heavy atom. The molecule has 74 valence electrons. The molecular formula is C12H21N. The van der Waals surface area contributed by atoms with Gasteiger partial charge in [0, 0.05) is 0 Å². The van der Waals surface area contributed by atoms with Gasteiger partial charge in [-0.05, 0) is 37.4 Å². The zero-order valence-corrected chi connectivity index (χ0v) is 9.01. The quantitative estimate of drug-likeness (QED) is 0.651. The van der Waals surface area contributed by atoms with Gasteiger partial charge in [0.05, 0.1) is 0 Å². The lowest BCUT2D eigenvalue weighted by Gasteiger charge is -1.93. The molecule has 2 N–H and O–H groups in total. The number of hydrogen-bond acceptors (Lipinski definition) is 1. The normalized spacial score (nSPS) is 11.7. The van der Waals surface area contributed by atoms with Crippen LogP contribution in [0.3, 0.4) is 0 Å². The lowest BCUT2D eigenvalue weighted by atomic mass is 10.1. The van der Waals surface area contributed by atoms with Crippen LogP contribution in [-0.2, 0) is 12.8 Å². The summed E-state index contributed by atoms with van der Waals surface area (Å²) >= 11 is 0. The van der Waals surface area contributed by atoms with Crippen molar-refractivity contribution in [2.75, 3.05) is 7.05 Å². The summed E-state index contributed by atoms with van der Waals surface area (Å²) in [5, 5.41) is 0. The van der Waals surface area contributed by atoms with E-state index in [1.165, 1.54) is 26.3 Å². The molecule has 0 bridgehead atoms. The van der Waals surface area contributed by atoms with Gasteiger partial charge in [0.25, 0.3) is 0 Å². The molecule has 13 heavy (non-hydrogen) atoms. The summed E-state index contributed by atoms with van der Waals surface area (Å²) in [5.74, 6) is 0. The molecule has 1 aliphatic rings. The molecule has 0 spiro atoms. The first kappa shape index (κ1) is 12.2. The Morgan fingerprint density at radius 1 is 0.923 bits per heavy atom. The molecule has 0 unspecified atom stereocenters. The molecule has 1 aromatic carbocycles. The third-order valence-electron chi connectivity index (χ3n) is 2.01. The summed E-state index contributed by atoms with van der Waals surface area (Å²) in [6.07, 6.45) is 3.96. The molecule has 2 rings (SSSR count).